The molecule has 0 spiro atoms. The molecule has 0 atom stereocenters. The summed E-state index contributed by atoms with van der Waals surface area (Å²) in [7, 11) is 0. The number of carbonyl (C=O) groups excluding carboxylic acids is 2. The highest BCUT2D eigenvalue weighted by Crippen LogP contribution is 2.19. The van der Waals surface area contributed by atoms with Crippen molar-refractivity contribution in [2.24, 2.45) is 11.1 Å². The van der Waals surface area contributed by atoms with E-state index in [9.17, 15) is 9.59 Å². The third kappa shape index (κ3) is 2.73. The second-order valence-electron chi connectivity index (χ2n) is 4.14. The van der Waals surface area contributed by atoms with Crippen LogP contribution in [0, 0.1) is 5.41 Å². The molecule has 16 heavy (non-hydrogen) atoms. The largest absolute Gasteiger partial charge is 0.397 e. The Hall–Kier alpha value is -1.56. The number of nitrogens with one attached hydrogen (secondary N) is 1. The number of nitrogens with two attached hydrogens (primary N) is 2. The van der Waals surface area contributed by atoms with Gasteiger partial charge in [0.05, 0.1) is 11.1 Å². The van der Waals surface area contributed by atoms with E-state index in [2.05, 4.69) is 5.32 Å². The van der Waals surface area contributed by atoms with E-state index in [1.54, 1.807) is 25.3 Å². The van der Waals surface area contributed by atoms with Gasteiger partial charge in [-0.15, -0.1) is 11.3 Å². The average Bonchev–Trinajstić information content (AvgIpc) is 2.61. The van der Waals surface area contributed by atoms with Gasteiger partial charge in [0.2, 0.25) is 5.91 Å². The molecule has 0 aliphatic heterocycles. The van der Waals surface area contributed by atoms with Gasteiger partial charge in [0, 0.05) is 6.54 Å². The summed E-state index contributed by atoms with van der Waals surface area (Å²) in [6, 6.07) is 1.67. The fraction of sp³-hybridized carbons (Fsp3) is 0.400. The van der Waals surface area contributed by atoms with E-state index in [0.717, 1.165) is 0 Å². The van der Waals surface area contributed by atoms with Crippen molar-refractivity contribution in [1.29, 1.82) is 0 Å². The first-order valence-corrected chi connectivity index (χ1v) is 5.63. The molecule has 0 saturated heterocycles. The van der Waals surface area contributed by atoms with Crippen LogP contribution in [0.15, 0.2) is 11.4 Å². The van der Waals surface area contributed by atoms with Gasteiger partial charge in [-0.2, -0.15) is 0 Å². The van der Waals surface area contributed by atoms with Crippen LogP contribution in [0.3, 0.4) is 0 Å². The molecule has 0 saturated carbocycles. The summed E-state index contributed by atoms with van der Waals surface area (Å²) in [6.07, 6.45) is 0. The van der Waals surface area contributed by atoms with Crippen molar-refractivity contribution in [1.82, 2.24) is 5.32 Å². The first-order chi connectivity index (χ1) is 7.34. The van der Waals surface area contributed by atoms with Crippen LogP contribution < -0.4 is 16.8 Å². The Morgan fingerprint density at radius 2 is 2.12 bits per heavy atom. The van der Waals surface area contributed by atoms with E-state index < -0.39 is 11.3 Å². The third-order valence-corrected chi connectivity index (χ3v) is 3.19. The molecule has 5 N–H and O–H groups in total. The maximum absolute atomic E-state index is 11.7. The Morgan fingerprint density at radius 3 is 2.56 bits per heavy atom. The van der Waals surface area contributed by atoms with Crippen LogP contribution in [0.5, 0.6) is 0 Å². The lowest BCUT2D eigenvalue weighted by Crippen LogP contribution is -2.42. The summed E-state index contributed by atoms with van der Waals surface area (Å²) in [5.74, 6) is -0.728. The molecule has 1 heterocycles. The fourth-order valence-electron chi connectivity index (χ4n) is 0.972. The predicted octanol–water partition coefficient (Wildman–Crippen LogP) is 0.572. The van der Waals surface area contributed by atoms with Gasteiger partial charge in [-0.1, -0.05) is 0 Å². The summed E-state index contributed by atoms with van der Waals surface area (Å²) in [5.41, 5.74) is 10.5. The van der Waals surface area contributed by atoms with Crippen LogP contribution in [0.25, 0.3) is 0 Å². The number of nitrogen functional groups attached to an aromatic ring is 1. The molecule has 0 bridgehead atoms. The highest BCUT2D eigenvalue weighted by Gasteiger charge is 2.26. The molecule has 1 aromatic heterocycles. The summed E-state index contributed by atoms with van der Waals surface area (Å²) in [4.78, 5) is 23.2. The first-order valence-electron chi connectivity index (χ1n) is 4.75. The maximum Gasteiger partial charge on any atom is 0.263 e. The Balaban J connectivity index is 2.61. The lowest BCUT2D eigenvalue weighted by atomic mass is 9.93. The van der Waals surface area contributed by atoms with Crippen molar-refractivity contribution in [3.05, 3.63) is 16.3 Å². The zero-order valence-electron chi connectivity index (χ0n) is 9.24. The Labute approximate surface area is 97.8 Å². The van der Waals surface area contributed by atoms with Gasteiger partial charge in [-0.3, -0.25) is 9.59 Å². The average molecular weight is 241 g/mol. The van der Waals surface area contributed by atoms with E-state index in [1.807, 2.05) is 0 Å². The molecule has 0 fully saturated rings. The van der Waals surface area contributed by atoms with Crippen LogP contribution in [-0.4, -0.2) is 18.4 Å². The first kappa shape index (κ1) is 12.5. The Morgan fingerprint density at radius 1 is 1.50 bits per heavy atom. The van der Waals surface area contributed by atoms with Crippen molar-refractivity contribution < 1.29 is 9.59 Å². The molecular formula is C10H15N3O2S. The molecule has 2 amide bonds. The number of primary amides is 1. The summed E-state index contributed by atoms with van der Waals surface area (Å²) >= 11 is 1.26. The van der Waals surface area contributed by atoms with E-state index in [4.69, 9.17) is 11.5 Å². The molecule has 0 radical (unpaired) electrons. The number of thiophene rings is 1. The standard InChI is InChI=1S/C10H15N3O2S/c1-10(2,9(12)15)5-13-8(14)7-6(11)3-4-16-7/h3-4H,5,11H2,1-2H3,(H2,12,15)(H,13,14). The second-order valence-corrected chi connectivity index (χ2v) is 5.05. The molecule has 1 aromatic rings. The molecule has 6 heteroatoms. The van der Waals surface area contributed by atoms with Crippen LogP contribution in [0.4, 0.5) is 5.69 Å². The zero-order chi connectivity index (χ0) is 12.3. The Kier molecular flexibility index (Phi) is 3.54. The van der Waals surface area contributed by atoms with Crippen molar-refractivity contribution in [3.8, 4) is 0 Å². The highest BCUT2D eigenvalue weighted by molar-refractivity contribution is 7.12. The molecular weight excluding hydrogens is 226 g/mol. The molecule has 88 valence electrons. The SMILES string of the molecule is CC(C)(CNC(=O)c1sccc1N)C(N)=O. The van der Waals surface area contributed by atoms with E-state index in [0.29, 0.717) is 10.6 Å². The van der Waals surface area contributed by atoms with E-state index in [1.165, 1.54) is 11.3 Å². The molecule has 5 nitrogen and oxygen atoms in total. The smallest absolute Gasteiger partial charge is 0.263 e. The minimum atomic E-state index is -0.762. The lowest BCUT2D eigenvalue weighted by Gasteiger charge is -2.20. The molecule has 0 aliphatic carbocycles. The Bertz CT molecular complexity index is 412. The number of hydrogen-bond acceptors (Lipinski definition) is 4. The van der Waals surface area contributed by atoms with Crippen molar-refractivity contribution in [2.75, 3.05) is 12.3 Å². The molecule has 0 aromatic carbocycles. The monoisotopic (exact) mass is 241 g/mol. The van der Waals surface area contributed by atoms with Gasteiger partial charge >= 0.3 is 0 Å². The number of rotatable bonds is 4. The zero-order valence-corrected chi connectivity index (χ0v) is 10.1. The number of anilines is 1. The van der Waals surface area contributed by atoms with Crippen molar-refractivity contribution >= 4 is 28.8 Å². The molecule has 0 unspecified atom stereocenters. The van der Waals surface area contributed by atoms with E-state index in [-0.39, 0.29) is 12.5 Å². The van der Waals surface area contributed by atoms with Gasteiger partial charge in [0.25, 0.3) is 5.91 Å². The number of carbonyl (C=O) groups is 2. The normalized spacial score (nSPS) is 11.1. The molecule has 1 rings (SSSR count). The van der Waals surface area contributed by atoms with E-state index >= 15 is 0 Å². The maximum atomic E-state index is 11.7. The van der Waals surface area contributed by atoms with Crippen LogP contribution in [-0.2, 0) is 4.79 Å². The van der Waals surface area contributed by atoms with Gasteiger partial charge in [-0.05, 0) is 25.3 Å². The quantitative estimate of drug-likeness (QED) is 0.718. The fourth-order valence-corrected chi connectivity index (χ4v) is 1.71. The summed E-state index contributed by atoms with van der Waals surface area (Å²) in [5, 5.41) is 4.38. The third-order valence-electron chi connectivity index (χ3n) is 2.26. The van der Waals surface area contributed by atoms with Crippen molar-refractivity contribution in [3.63, 3.8) is 0 Å². The minimum Gasteiger partial charge on any atom is -0.397 e. The lowest BCUT2D eigenvalue weighted by molar-refractivity contribution is -0.125. The van der Waals surface area contributed by atoms with Gasteiger partial charge in [-0.25, -0.2) is 0 Å². The number of hydrogen-bond donors (Lipinski definition) is 3. The van der Waals surface area contributed by atoms with Gasteiger partial charge < -0.3 is 16.8 Å². The van der Waals surface area contributed by atoms with Gasteiger partial charge in [0.1, 0.15) is 4.88 Å². The number of amides is 2. The predicted molar refractivity (Wildman–Crippen MR) is 64.0 cm³/mol. The summed E-state index contributed by atoms with van der Waals surface area (Å²) in [6.45, 7) is 3.54. The van der Waals surface area contributed by atoms with Crippen molar-refractivity contribution in [2.45, 2.75) is 13.8 Å². The van der Waals surface area contributed by atoms with Gasteiger partial charge in [0.15, 0.2) is 0 Å². The molecule has 0 aliphatic rings. The second kappa shape index (κ2) is 4.52. The van der Waals surface area contributed by atoms with Crippen LogP contribution >= 0.6 is 11.3 Å². The van der Waals surface area contributed by atoms with Crippen LogP contribution in [0.1, 0.15) is 23.5 Å². The van der Waals surface area contributed by atoms with Crippen LogP contribution in [0.2, 0.25) is 0 Å². The highest BCUT2D eigenvalue weighted by atomic mass is 32.1. The summed E-state index contributed by atoms with van der Waals surface area (Å²) < 4.78 is 0. The minimum absolute atomic E-state index is 0.193. The topological polar surface area (TPSA) is 98.2 Å².